The van der Waals surface area contributed by atoms with Crippen molar-refractivity contribution < 1.29 is 18.8 Å². The summed E-state index contributed by atoms with van der Waals surface area (Å²) in [4.78, 5) is 43.6. The number of nitrogens with zero attached hydrogens (tertiary/aromatic N) is 2. The van der Waals surface area contributed by atoms with Gasteiger partial charge in [0.1, 0.15) is 11.4 Å². The van der Waals surface area contributed by atoms with Crippen molar-refractivity contribution in [2.75, 3.05) is 16.8 Å². The van der Waals surface area contributed by atoms with Gasteiger partial charge in [-0.05, 0) is 37.6 Å². The van der Waals surface area contributed by atoms with E-state index >= 15 is 0 Å². The van der Waals surface area contributed by atoms with Crippen LogP contribution >= 0.6 is 11.6 Å². The lowest BCUT2D eigenvalue weighted by atomic mass is 9.75. The smallest absolute Gasteiger partial charge is 0.250 e. The average Bonchev–Trinajstić information content (AvgIpc) is 3.42. The lowest BCUT2D eigenvalue weighted by Crippen LogP contribution is -2.54. The molecule has 8 heteroatoms. The van der Waals surface area contributed by atoms with Crippen LogP contribution in [0.5, 0.6) is 0 Å². The van der Waals surface area contributed by atoms with Gasteiger partial charge in [0.05, 0.1) is 28.2 Å². The molecular formula is C22H17ClFN3O3. The molecule has 0 radical (unpaired) electrons. The van der Waals surface area contributed by atoms with E-state index in [4.69, 9.17) is 11.6 Å². The Kier molecular flexibility index (Phi) is 3.54. The summed E-state index contributed by atoms with van der Waals surface area (Å²) >= 11 is 6.35. The number of nitrogens with one attached hydrogen (secondary N) is 1. The van der Waals surface area contributed by atoms with Crippen molar-refractivity contribution in [3.05, 3.63) is 58.9 Å². The van der Waals surface area contributed by atoms with E-state index in [0.29, 0.717) is 29.2 Å². The molecular weight excluding hydrogens is 409 g/mol. The van der Waals surface area contributed by atoms with Gasteiger partial charge in [0.2, 0.25) is 11.8 Å². The van der Waals surface area contributed by atoms with Gasteiger partial charge in [-0.25, -0.2) is 9.29 Å². The molecule has 6 rings (SSSR count). The highest BCUT2D eigenvalue weighted by Crippen LogP contribution is 2.61. The molecule has 3 saturated heterocycles. The standard InChI is InChI=1S/C22H17ClFN3O3/c23-12-6-3-5-11-18(12)25-21(30)22(11)17-16(15-9-4-10-26(15)22)19(28)27(20(17)29)14-8-2-1-7-13(14)24/h1-3,5-8,15-17H,4,9-10H2,(H,25,30)/t15-,16+,17-,22-/m0/s1. The van der Waals surface area contributed by atoms with Gasteiger partial charge in [-0.1, -0.05) is 35.9 Å². The largest absolute Gasteiger partial charge is 0.323 e. The van der Waals surface area contributed by atoms with Crippen LogP contribution in [0, 0.1) is 17.7 Å². The minimum absolute atomic E-state index is 0.0636. The van der Waals surface area contributed by atoms with Crippen LogP contribution in [-0.2, 0) is 19.9 Å². The SMILES string of the molecule is O=C1[C@H]2[C@@H](C(=O)N1c1ccccc1F)[C@@]1(C(=O)Nc3c(Cl)cccc31)N1CCC[C@@H]21. The van der Waals surface area contributed by atoms with Gasteiger partial charge in [0.25, 0.3) is 5.91 Å². The summed E-state index contributed by atoms with van der Waals surface area (Å²) in [6.07, 6.45) is 1.52. The fourth-order valence-electron chi connectivity index (χ4n) is 6.06. The fraction of sp³-hybridized carbons (Fsp3) is 0.318. The van der Waals surface area contributed by atoms with Crippen molar-refractivity contribution >= 4 is 40.7 Å². The predicted octanol–water partition coefficient (Wildman–Crippen LogP) is 2.91. The Hall–Kier alpha value is -2.77. The van der Waals surface area contributed by atoms with E-state index in [1.165, 1.54) is 18.2 Å². The van der Waals surface area contributed by atoms with E-state index in [-0.39, 0.29) is 17.6 Å². The molecule has 2 aromatic rings. The molecule has 0 unspecified atom stereocenters. The number of hydrogen-bond donors (Lipinski definition) is 1. The molecule has 2 aromatic carbocycles. The summed E-state index contributed by atoms with van der Waals surface area (Å²) in [7, 11) is 0. The number of fused-ring (bicyclic) bond motifs is 7. The maximum absolute atomic E-state index is 14.5. The first-order valence-electron chi connectivity index (χ1n) is 9.97. The van der Waals surface area contributed by atoms with Crippen molar-refractivity contribution in [2.45, 2.75) is 24.4 Å². The number of amides is 3. The lowest BCUT2D eigenvalue weighted by Gasteiger charge is -2.36. The summed E-state index contributed by atoms with van der Waals surface area (Å²) in [5.41, 5.74) is -0.263. The lowest BCUT2D eigenvalue weighted by molar-refractivity contribution is -0.135. The van der Waals surface area contributed by atoms with Crippen LogP contribution in [0.15, 0.2) is 42.5 Å². The molecule has 4 aliphatic rings. The molecule has 4 atom stereocenters. The number of rotatable bonds is 1. The molecule has 1 spiro atoms. The molecule has 152 valence electrons. The van der Waals surface area contributed by atoms with E-state index in [9.17, 15) is 18.8 Å². The number of benzene rings is 2. The quantitative estimate of drug-likeness (QED) is 0.713. The number of para-hydroxylation sites is 2. The number of imide groups is 1. The normalized spacial score (nSPS) is 32.0. The minimum atomic E-state index is -1.31. The van der Waals surface area contributed by atoms with Crippen LogP contribution in [0.2, 0.25) is 5.02 Å². The van der Waals surface area contributed by atoms with Crippen LogP contribution < -0.4 is 10.2 Å². The maximum Gasteiger partial charge on any atom is 0.250 e. The Morgan fingerprint density at radius 2 is 1.87 bits per heavy atom. The Balaban J connectivity index is 1.59. The van der Waals surface area contributed by atoms with Gasteiger partial charge >= 0.3 is 0 Å². The first-order valence-corrected chi connectivity index (χ1v) is 10.3. The summed E-state index contributed by atoms with van der Waals surface area (Å²) in [5.74, 6) is -3.58. The van der Waals surface area contributed by atoms with Gasteiger partial charge in [0, 0.05) is 11.6 Å². The third kappa shape index (κ3) is 1.90. The monoisotopic (exact) mass is 425 g/mol. The third-order valence-electron chi connectivity index (χ3n) is 7.07. The van der Waals surface area contributed by atoms with Crippen molar-refractivity contribution in [1.29, 1.82) is 0 Å². The van der Waals surface area contributed by atoms with E-state index in [1.807, 2.05) is 4.90 Å². The summed E-state index contributed by atoms with van der Waals surface area (Å²) in [6, 6.07) is 10.7. The first kappa shape index (κ1) is 18.0. The highest BCUT2D eigenvalue weighted by Gasteiger charge is 2.74. The van der Waals surface area contributed by atoms with Crippen molar-refractivity contribution in [3.63, 3.8) is 0 Å². The molecule has 30 heavy (non-hydrogen) atoms. The van der Waals surface area contributed by atoms with E-state index in [2.05, 4.69) is 5.32 Å². The van der Waals surface area contributed by atoms with E-state index in [1.54, 1.807) is 24.3 Å². The second-order valence-corrected chi connectivity index (χ2v) is 8.66. The van der Waals surface area contributed by atoms with Gasteiger partial charge in [-0.2, -0.15) is 0 Å². The molecule has 0 aromatic heterocycles. The van der Waals surface area contributed by atoms with Gasteiger partial charge in [-0.3, -0.25) is 19.3 Å². The molecule has 3 fully saturated rings. The molecule has 3 amide bonds. The zero-order chi connectivity index (χ0) is 20.8. The number of carbonyl (C=O) groups is 3. The summed E-state index contributed by atoms with van der Waals surface area (Å²) < 4.78 is 14.5. The van der Waals surface area contributed by atoms with E-state index in [0.717, 1.165) is 11.3 Å². The zero-order valence-electron chi connectivity index (χ0n) is 15.8. The topological polar surface area (TPSA) is 69.7 Å². The molecule has 0 aliphatic carbocycles. The molecule has 6 nitrogen and oxygen atoms in total. The molecule has 1 N–H and O–H groups in total. The van der Waals surface area contributed by atoms with E-state index < -0.39 is 35.0 Å². The van der Waals surface area contributed by atoms with Crippen molar-refractivity contribution in [2.24, 2.45) is 11.8 Å². The molecule has 4 heterocycles. The Bertz CT molecular complexity index is 1150. The average molecular weight is 426 g/mol. The number of carbonyl (C=O) groups excluding carboxylic acids is 3. The maximum atomic E-state index is 14.5. The van der Waals surface area contributed by atoms with Gasteiger partial charge in [-0.15, -0.1) is 0 Å². The third-order valence-corrected chi connectivity index (χ3v) is 7.39. The van der Waals surface area contributed by atoms with Crippen molar-refractivity contribution in [1.82, 2.24) is 4.90 Å². The predicted molar refractivity (Wildman–Crippen MR) is 107 cm³/mol. The second kappa shape index (κ2) is 5.89. The minimum Gasteiger partial charge on any atom is -0.323 e. The summed E-state index contributed by atoms with van der Waals surface area (Å²) in [6.45, 7) is 0.608. The van der Waals surface area contributed by atoms with Gasteiger partial charge < -0.3 is 5.32 Å². The second-order valence-electron chi connectivity index (χ2n) is 8.25. The Morgan fingerprint density at radius 3 is 2.67 bits per heavy atom. The van der Waals surface area contributed by atoms with Crippen LogP contribution in [0.25, 0.3) is 0 Å². The van der Waals surface area contributed by atoms with Crippen LogP contribution in [-0.4, -0.2) is 35.2 Å². The molecule has 0 bridgehead atoms. The number of hydrogen-bond acceptors (Lipinski definition) is 4. The highest BCUT2D eigenvalue weighted by molar-refractivity contribution is 6.35. The Labute approximate surface area is 176 Å². The zero-order valence-corrected chi connectivity index (χ0v) is 16.5. The summed E-state index contributed by atoms with van der Waals surface area (Å²) in [5, 5.41) is 3.24. The van der Waals surface area contributed by atoms with Crippen molar-refractivity contribution in [3.8, 4) is 0 Å². The van der Waals surface area contributed by atoms with Crippen LogP contribution in [0.3, 0.4) is 0 Å². The van der Waals surface area contributed by atoms with Crippen LogP contribution in [0.1, 0.15) is 18.4 Å². The number of anilines is 2. The van der Waals surface area contributed by atoms with Crippen LogP contribution in [0.4, 0.5) is 15.8 Å². The molecule has 4 aliphatic heterocycles. The highest BCUT2D eigenvalue weighted by atomic mass is 35.5. The van der Waals surface area contributed by atoms with Gasteiger partial charge in [0.15, 0.2) is 0 Å². The fourth-order valence-corrected chi connectivity index (χ4v) is 6.29. The number of halogens is 2. The Morgan fingerprint density at radius 1 is 1.07 bits per heavy atom. The molecule has 0 saturated carbocycles. The first-order chi connectivity index (χ1) is 14.5.